The second-order valence-electron chi connectivity index (χ2n) is 7.92. The Kier molecular flexibility index (Phi) is 9.69. The topological polar surface area (TPSA) is 64.6 Å². The molecule has 0 bridgehead atoms. The second-order valence-corrected chi connectivity index (χ2v) is 9.24. The third-order valence-corrected chi connectivity index (χ3v) is 6.20. The van der Waals surface area contributed by atoms with Crippen LogP contribution in [0.2, 0.25) is 5.02 Å². The van der Waals surface area contributed by atoms with E-state index >= 15 is 0 Å². The van der Waals surface area contributed by atoms with Crippen molar-refractivity contribution in [3.8, 4) is 16.9 Å². The van der Waals surface area contributed by atoms with E-state index in [1.165, 1.54) is 19.2 Å². The van der Waals surface area contributed by atoms with Crippen LogP contribution < -0.4 is 10.1 Å². The molecule has 0 radical (unpaired) electrons. The van der Waals surface area contributed by atoms with E-state index in [2.05, 4.69) is 21.2 Å². The Bertz CT molecular complexity index is 1190. The number of nitrogens with one attached hydrogen (secondary N) is 1. The summed E-state index contributed by atoms with van der Waals surface area (Å²) in [6, 6.07) is 16.0. The number of carbonyl (C=O) groups excluding carboxylic acids is 2. The lowest BCUT2D eigenvalue weighted by Gasteiger charge is -2.19. The molecule has 0 aliphatic heterocycles. The Morgan fingerprint density at radius 1 is 1.06 bits per heavy atom. The van der Waals surface area contributed by atoms with Crippen LogP contribution in [0.3, 0.4) is 0 Å². The minimum Gasteiger partial charge on any atom is -0.493 e. The van der Waals surface area contributed by atoms with Gasteiger partial charge >= 0.3 is 5.97 Å². The molecular formula is C27H26BrClFNO4. The second kappa shape index (κ2) is 12.7. The molecule has 3 aromatic rings. The third kappa shape index (κ3) is 7.29. The Balaban J connectivity index is 1.92. The van der Waals surface area contributed by atoms with Gasteiger partial charge in [0.1, 0.15) is 17.6 Å². The quantitative estimate of drug-likeness (QED) is 0.223. The van der Waals surface area contributed by atoms with Crippen LogP contribution in [0.15, 0.2) is 65.1 Å². The van der Waals surface area contributed by atoms with Crippen molar-refractivity contribution in [1.29, 1.82) is 0 Å². The van der Waals surface area contributed by atoms with Gasteiger partial charge in [-0.25, -0.2) is 9.18 Å². The Morgan fingerprint density at radius 3 is 2.40 bits per heavy atom. The van der Waals surface area contributed by atoms with Crippen molar-refractivity contribution in [3.63, 3.8) is 0 Å². The monoisotopic (exact) mass is 561 g/mol. The fraction of sp³-hybridized carbons (Fsp3) is 0.259. The van der Waals surface area contributed by atoms with E-state index < -0.39 is 23.7 Å². The van der Waals surface area contributed by atoms with Gasteiger partial charge < -0.3 is 14.8 Å². The lowest BCUT2D eigenvalue weighted by molar-refractivity contribution is -0.142. The number of ether oxygens (including phenoxy) is 2. The molecule has 0 aliphatic rings. The number of unbranched alkanes of at least 4 members (excludes halogenated alkanes) is 1. The first kappa shape index (κ1) is 26.7. The van der Waals surface area contributed by atoms with Gasteiger partial charge in [-0.3, -0.25) is 4.79 Å². The smallest absolute Gasteiger partial charge is 0.328 e. The number of halogens is 3. The summed E-state index contributed by atoms with van der Waals surface area (Å²) in [4.78, 5) is 25.9. The molecule has 0 heterocycles. The summed E-state index contributed by atoms with van der Waals surface area (Å²) in [6.45, 7) is 2.49. The summed E-state index contributed by atoms with van der Waals surface area (Å²) in [5.41, 5.74) is 2.41. The number of carbonyl (C=O) groups is 2. The highest BCUT2D eigenvalue weighted by atomic mass is 79.9. The van der Waals surface area contributed by atoms with Gasteiger partial charge in [-0.1, -0.05) is 65.1 Å². The van der Waals surface area contributed by atoms with Crippen molar-refractivity contribution in [2.24, 2.45) is 0 Å². The highest BCUT2D eigenvalue weighted by molar-refractivity contribution is 9.10. The van der Waals surface area contributed by atoms with Crippen molar-refractivity contribution >= 4 is 39.4 Å². The summed E-state index contributed by atoms with van der Waals surface area (Å²) >= 11 is 9.34. The van der Waals surface area contributed by atoms with Gasteiger partial charge in [-0.2, -0.15) is 0 Å². The summed E-state index contributed by atoms with van der Waals surface area (Å²) in [7, 11) is 1.28. The molecule has 0 saturated heterocycles. The molecular weight excluding hydrogens is 537 g/mol. The van der Waals surface area contributed by atoms with Crippen LogP contribution in [0, 0.1) is 5.82 Å². The van der Waals surface area contributed by atoms with Crippen molar-refractivity contribution in [2.75, 3.05) is 13.7 Å². The molecule has 0 spiro atoms. The zero-order valence-corrected chi connectivity index (χ0v) is 21.8. The molecule has 1 amide bonds. The van der Waals surface area contributed by atoms with Gasteiger partial charge in [-0.15, -0.1) is 0 Å². The summed E-state index contributed by atoms with van der Waals surface area (Å²) in [6.07, 6.45) is 2.01. The molecule has 0 saturated carbocycles. The molecule has 8 heteroatoms. The minimum atomic E-state index is -0.902. The fourth-order valence-electron chi connectivity index (χ4n) is 3.44. The molecule has 0 aromatic heterocycles. The minimum absolute atomic E-state index is 0.0166. The lowest BCUT2D eigenvalue weighted by atomic mass is 10.0. The predicted molar refractivity (Wildman–Crippen MR) is 138 cm³/mol. The average molecular weight is 563 g/mol. The first-order valence-corrected chi connectivity index (χ1v) is 12.3. The molecule has 0 unspecified atom stereocenters. The molecule has 3 aromatic carbocycles. The highest BCUT2D eigenvalue weighted by Crippen LogP contribution is 2.30. The summed E-state index contributed by atoms with van der Waals surface area (Å²) in [5, 5.41) is 2.77. The first-order valence-electron chi connectivity index (χ1n) is 11.2. The average Bonchev–Trinajstić information content (AvgIpc) is 2.86. The van der Waals surface area contributed by atoms with E-state index in [1.54, 1.807) is 24.3 Å². The van der Waals surface area contributed by atoms with E-state index in [4.69, 9.17) is 21.1 Å². The maximum Gasteiger partial charge on any atom is 0.328 e. The molecule has 0 aliphatic carbocycles. The maximum absolute atomic E-state index is 13.7. The number of rotatable bonds is 10. The summed E-state index contributed by atoms with van der Waals surface area (Å²) in [5.74, 6) is -1.18. The van der Waals surface area contributed by atoms with Crippen LogP contribution in [0.5, 0.6) is 5.75 Å². The van der Waals surface area contributed by atoms with Crippen LogP contribution >= 0.6 is 27.5 Å². The lowest BCUT2D eigenvalue weighted by Crippen LogP contribution is -2.43. The van der Waals surface area contributed by atoms with Crippen LogP contribution in [-0.2, 0) is 16.0 Å². The first-order chi connectivity index (χ1) is 16.8. The van der Waals surface area contributed by atoms with Crippen molar-refractivity contribution < 1.29 is 23.5 Å². The van der Waals surface area contributed by atoms with Crippen molar-refractivity contribution in [1.82, 2.24) is 5.32 Å². The van der Waals surface area contributed by atoms with Crippen LogP contribution in [0.4, 0.5) is 4.39 Å². The Labute approximate surface area is 217 Å². The van der Waals surface area contributed by atoms with E-state index in [1.807, 2.05) is 31.2 Å². The normalized spacial score (nSPS) is 11.6. The van der Waals surface area contributed by atoms with Gasteiger partial charge in [0.2, 0.25) is 0 Å². The number of methoxy groups -OCH3 is 1. The van der Waals surface area contributed by atoms with Gasteiger partial charge in [0.25, 0.3) is 5.91 Å². The van der Waals surface area contributed by atoms with Gasteiger partial charge in [0, 0.05) is 10.9 Å². The van der Waals surface area contributed by atoms with Crippen molar-refractivity contribution in [2.45, 2.75) is 32.2 Å². The molecule has 1 N–H and O–H groups in total. The van der Waals surface area contributed by atoms with E-state index in [9.17, 15) is 14.0 Å². The van der Waals surface area contributed by atoms with E-state index in [0.717, 1.165) is 22.9 Å². The zero-order chi connectivity index (χ0) is 25.4. The fourth-order valence-corrected chi connectivity index (χ4v) is 3.89. The maximum atomic E-state index is 13.7. The van der Waals surface area contributed by atoms with Crippen LogP contribution in [0.1, 0.15) is 35.7 Å². The zero-order valence-electron chi connectivity index (χ0n) is 19.4. The molecule has 35 heavy (non-hydrogen) atoms. The van der Waals surface area contributed by atoms with Gasteiger partial charge in [0.05, 0.1) is 24.3 Å². The largest absolute Gasteiger partial charge is 0.493 e. The molecule has 5 nitrogen and oxygen atoms in total. The third-order valence-electron chi connectivity index (χ3n) is 5.38. The molecule has 0 fully saturated rings. The van der Waals surface area contributed by atoms with Gasteiger partial charge in [-0.05, 0) is 59.5 Å². The molecule has 3 rings (SSSR count). The number of hydrogen-bond donors (Lipinski definition) is 1. The highest BCUT2D eigenvalue weighted by Gasteiger charge is 2.25. The summed E-state index contributed by atoms with van der Waals surface area (Å²) < 4.78 is 25.4. The number of benzene rings is 3. The number of hydrogen-bond acceptors (Lipinski definition) is 4. The van der Waals surface area contributed by atoms with E-state index in [-0.39, 0.29) is 17.0 Å². The Morgan fingerprint density at radius 2 is 1.74 bits per heavy atom. The standard InChI is InChI=1S/C27H26BrClFNO4/c1-3-4-13-35-25-12-8-18(19-7-11-23(30)22(29)16-19)15-21(25)26(32)31-24(27(33)34-2)14-17-5-9-20(28)10-6-17/h5-12,15-16,24H,3-4,13-14H2,1-2H3,(H,31,32)/t24-/m0/s1. The van der Waals surface area contributed by atoms with E-state index in [0.29, 0.717) is 23.5 Å². The van der Waals surface area contributed by atoms with Gasteiger partial charge in [0.15, 0.2) is 0 Å². The molecule has 184 valence electrons. The number of amides is 1. The Hall–Kier alpha value is -2.90. The molecule has 1 atom stereocenters. The number of esters is 1. The van der Waals surface area contributed by atoms with Crippen LogP contribution in [-0.4, -0.2) is 31.6 Å². The predicted octanol–water partition coefficient (Wildman–Crippen LogP) is 6.60. The SMILES string of the molecule is CCCCOc1ccc(-c2ccc(F)c(Cl)c2)cc1C(=O)N[C@@H](Cc1ccc(Br)cc1)C(=O)OC. The van der Waals surface area contributed by atoms with Crippen molar-refractivity contribution in [3.05, 3.63) is 87.1 Å². The van der Waals surface area contributed by atoms with Crippen LogP contribution in [0.25, 0.3) is 11.1 Å².